The summed E-state index contributed by atoms with van der Waals surface area (Å²) in [7, 11) is -4.15. The molecule has 0 fully saturated rings. The number of halogens is 3. The number of nitrogens with one attached hydrogen (secondary N) is 1. The summed E-state index contributed by atoms with van der Waals surface area (Å²) in [6, 6.07) is 20.2. The Bertz CT molecular complexity index is 1620. The average Bonchev–Trinajstić information content (AvgIpc) is 3.16. The number of rotatable bonds is 8. The van der Waals surface area contributed by atoms with Crippen molar-refractivity contribution in [3.8, 4) is 5.69 Å². The van der Waals surface area contributed by atoms with Gasteiger partial charge >= 0.3 is 0 Å². The van der Waals surface area contributed by atoms with Crippen molar-refractivity contribution in [2.75, 3.05) is 10.8 Å². The number of carbonyl (C=O) groups excluding carboxylic acids is 1. The zero-order valence-corrected chi connectivity index (χ0v) is 22.7. The third-order valence-corrected chi connectivity index (χ3v) is 8.07. The van der Waals surface area contributed by atoms with E-state index in [2.05, 4.69) is 10.5 Å². The quantitative estimate of drug-likeness (QED) is 0.211. The molecular formula is C27H23Cl2FN4O3S. The number of para-hydroxylation sites is 1. The van der Waals surface area contributed by atoms with Crippen molar-refractivity contribution >= 4 is 51.0 Å². The van der Waals surface area contributed by atoms with E-state index in [1.807, 2.05) is 6.92 Å². The van der Waals surface area contributed by atoms with E-state index in [1.165, 1.54) is 42.6 Å². The van der Waals surface area contributed by atoms with E-state index in [1.54, 1.807) is 54.0 Å². The highest BCUT2D eigenvalue weighted by molar-refractivity contribution is 7.92. The predicted molar refractivity (Wildman–Crippen MR) is 148 cm³/mol. The Labute approximate surface area is 230 Å². The fourth-order valence-corrected chi connectivity index (χ4v) is 5.99. The summed E-state index contributed by atoms with van der Waals surface area (Å²) in [4.78, 5) is 12.8. The molecule has 0 saturated carbocycles. The molecule has 0 atom stereocenters. The molecule has 0 saturated heterocycles. The first-order valence-electron chi connectivity index (χ1n) is 11.4. The first-order valence-corrected chi connectivity index (χ1v) is 13.6. The van der Waals surface area contributed by atoms with E-state index in [-0.39, 0.29) is 21.4 Å². The Hall–Kier alpha value is -3.66. The highest BCUT2D eigenvalue weighted by Crippen LogP contribution is 2.32. The molecule has 0 aliphatic heterocycles. The normalized spacial score (nSPS) is 11.6. The SMILES string of the molecule is Cc1cc(/C=N/NC(=O)CN(c2ccc(Cl)cc2Cl)S(=O)(=O)c2ccccc2)c(C)n1-c1ccccc1F. The molecule has 1 aromatic heterocycles. The van der Waals surface area contributed by atoms with Gasteiger partial charge < -0.3 is 4.57 Å². The number of carbonyl (C=O) groups is 1. The lowest BCUT2D eigenvalue weighted by atomic mass is 10.2. The number of hydrazone groups is 1. The molecule has 1 amide bonds. The van der Waals surface area contributed by atoms with Crippen molar-refractivity contribution in [1.29, 1.82) is 0 Å². The van der Waals surface area contributed by atoms with Crippen LogP contribution in [0.3, 0.4) is 0 Å². The van der Waals surface area contributed by atoms with Crippen LogP contribution in [-0.4, -0.2) is 31.7 Å². The van der Waals surface area contributed by atoms with Gasteiger partial charge in [-0.05, 0) is 62.4 Å². The van der Waals surface area contributed by atoms with Crippen molar-refractivity contribution in [2.24, 2.45) is 5.10 Å². The molecule has 0 unspecified atom stereocenters. The summed E-state index contributed by atoms with van der Waals surface area (Å²) in [5, 5.41) is 4.39. The number of aryl methyl sites for hydroxylation is 1. The summed E-state index contributed by atoms with van der Waals surface area (Å²) >= 11 is 12.3. The van der Waals surface area contributed by atoms with E-state index >= 15 is 0 Å². The van der Waals surface area contributed by atoms with E-state index in [0.29, 0.717) is 22.0 Å². The fraction of sp³-hybridized carbons (Fsp3) is 0.111. The van der Waals surface area contributed by atoms with Gasteiger partial charge in [0, 0.05) is 22.0 Å². The van der Waals surface area contributed by atoms with E-state index < -0.39 is 22.5 Å². The number of hydrogen-bond donors (Lipinski definition) is 1. The van der Waals surface area contributed by atoms with Gasteiger partial charge in [-0.15, -0.1) is 0 Å². The lowest BCUT2D eigenvalue weighted by Gasteiger charge is -2.24. The Balaban J connectivity index is 1.58. The topological polar surface area (TPSA) is 83.8 Å². The van der Waals surface area contributed by atoms with E-state index in [4.69, 9.17) is 23.2 Å². The average molecular weight is 573 g/mol. The van der Waals surface area contributed by atoms with Gasteiger partial charge in [0.25, 0.3) is 15.9 Å². The van der Waals surface area contributed by atoms with Crippen LogP contribution < -0.4 is 9.73 Å². The van der Waals surface area contributed by atoms with Crippen LogP contribution in [0.5, 0.6) is 0 Å². The molecule has 0 aliphatic carbocycles. The third-order valence-electron chi connectivity index (χ3n) is 5.75. The van der Waals surface area contributed by atoms with Crippen LogP contribution in [0.1, 0.15) is 17.0 Å². The Morgan fingerprint density at radius 2 is 1.71 bits per heavy atom. The van der Waals surface area contributed by atoms with Crippen LogP contribution >= 0.6 is 23.2 Å². The number of anilines is 1. The van der Waals surface area contributed by atoms with Gasteiger partial charge in [-0.1, -0.05) is 53.5 Å². The largest absolute Gasteiger partial charge is 0.315 e. The molecule has 1 heterocycles. The Morgan fingerprint density at radius 1 is 1.03 bits per heavy atom. The minimum Gasteiger partial charge on any atom is -0.315 e. The molecule has 0 bridgehead atoms. The Kier molecular flexibility index (Phi) is 8.20. The zero-order chi connectivity index (χ0) is 27.4. The predicted octanol–water partition coefficient (Wildman–Crippen LogP) is 5.89. The summed E-state index contributed by atoms with van der Waals surface area (Å²) in [5.74, 6) is -1.07. The standard InChI is InChI=1S/C27H23Cl2FN4O3S/c1-18-14-20(19(2)34(18)26-11-7-6-10-24(26)30)16-31-32-27(35)17-33(25-13-12-21(28)15-23(25)29)38(36,37)22-8-4-3-5-9-22/h3-16H,17H2,1-2H3,(H,32,35)/b31-16+. The smallest absolute Gasteiger partial charge is 0.264 e. The van der Waals surface area contributed by atoms with Gasteiger partial charge in [0.2, 0.25) is 0 Å². The maximum absolute atomic E-state index is 14.4. The minimum atomic E-state index is -4.15. The summed E-state index contributed by atoms with van der Waals surface area (Å²) in [6.07, 6.45) is 1.42. The number of nitrogens with zero attached hydrogens (tertiary/aromatic N) is 3. The van der Waals surface area contributed by atoms with Crippen LogP contribution in [0.15, 0.2) is 88.9 Å². The zero-order valence-electron chi connectivity index (χ0n) is 20.4. The van der Waals surface area contributed by atoms with E-state index in [0.717, 1.165) is 10.00 Å². The molecular weight excluding hydrogens is 550 g/mol. The lowest BCUT2D eigenvalue weighted by molar-refractivity contribution is -0.119. The van der Waals surface area contributed by atoms with Crippen molar-refractivity contribution < 1.29 is 17.6 Å². The highest BCUT2D eigenvalue weighted by Gasteiger charge is 2.28. The van der Waals surface area contributed by atoms with Crippen molar-refractivity contribution in [1.82, 2.24) is 9.99 Å². The van der Waals surface area contributed by atoms with Gasteiger partial charge in [0.05, 0.1) is 27.5 Å². The summed E-state index contributed by atoms with van der Waals surface area (Å²) in [6.45, 7) is 3.04. The number of hydrogen-bond acceptors (Lipinski definition) is 4. The monoisotopic (exact) mass is 572 g/mol. The second-order valence-electron chi connectivity index (χ2n) is 8.33. The van der Waals surface area contributed by atoms with E-state index in [9.17, 15) is 17.6 Å². The van der Waals surface area contributed by atoms with Gasteiger partial charge in [0.15, 0.2) is 0 Å². The fourth-order valence-electron chi connectivity index (χ4n) is 3.96. The number of sulfonamides is 1. The minimum absolute atomic E-state index is 0.0112. The van der Waals surface area contributed by atoms with Gasteiger partial charge in [-0.25, -0.2) is 18.2 Å². The van der Waals surface area contributed by atoms with Crippen LogP contribution in [0.25, 0.3) is 5.69 Å². The highest BCUT2D eigenvalue weighted by atomic mass is 35.5. The maximum Gasteiger partial charge on any atom is 0.264 e. The van der Waals surface area contributed by atoms with Crippen molar-refractivity contribution in [3.05, 3.63) is 112 Å². The van der Waals surface area contributed by atoms with Gasteiger partial charge in [0.1, 0.15) is 12.4 Å². The number of benzene rings is 3. The molecule has 196 valence electrons. The first kappa shape index (κ1) is 27.4. The molecule has 11 heteroatoms. The van der Waals surface area contributed by atoms with Crippen LogP contribution in [0.2, 0.25) is 10.0 Å². The Morgan fingerprint density at radius 3 is 2.39 bits per heavy atom. The molecule has 7 nitrogen and oxygen atoms in total. The van der Waals surface area contributed by atoms with Crippen LogP contribution in [-0.2, 0) is 14.8 Å². The van der Waals surface area contributed by atoms with Gasteiger partial charge in [-0.3, -0.25) is 9.10 Å². The molecule has 4 aromatic rings. The molecule has 0 aliphatic rings. The second kappa shape index (κ2) is 11.4. The van der Waals surface area contributed by atoms with Crippen molar-refractivity contribution in [3.63, 3.8) is 0 Å². The molecule has 3 aromatic carbocycles. The second-order valence-corrected chi connectivity index (χ2v) is 11.0. The number of aromatic nitrogens is 1. The maximum atomic E-state index is 14.4. The third kappa shape index (κ3) is 5.75. The molecule has 0 spiro atoms. The van der Waals surface area contributed by atoms with Crippen molar-refractivity contribution in [2.45, 2.75) is 18.7 Å². The first-order chi connectivity index (χ1) is 18.1. The summed E-state index contributed by atoms with van der Waals surface area (Å²) < 4.78 is 43.9. The molecule has 0 radical (unpaired) electrons. The van der Waals surface area contributed by atoms with Crippen LogP contribution in [0, 0.1) is 19.7 Å². The lowest BCUT2D eigenvalue weighted by Crippen LogP contribution is -2.39. The summed E-state index contributed by atoms with van der Waals surface area (Å²) in [5.41, 5.74) is 4.99. The number of amides is 1. The van der Waals surface area contributed by atoms with Crippen LogP contribution in [0.4, 0.5) is 10.1 Å². The van der Waals surface area contributed by atoms with Gasteiger partial charge in [-0.2, -0.15) is 5.10 Å². The molecule has 1 N–H and O–H groups in total. The molecule has 4 rings (SSSR count). The molecule has 38 heavy (non-hydrogen) atoms.